The number of allylic oxidation sites excluding steroid dienone is 5. The van der Waals surface area contributed by atoms with Gasteiger partial charge in [0.2, 0.25) is 5.91 Å². The van der Waals surface area contributed by atoms with Crippen molar-refractivity contribution in [2.24, 2.45) is 5.92 Å². The molecule has 1 heterocycles. The quantitative estimate of drug-likeness (QED) is 0.243. The average Bonchev–Trinajstić information content (AvgIpc) is 3.70. The highest BCUT2D eigenvalue weighted by atomic mass is 35.5. The largest absolute Gasteiger partial charge is 0.445 e. The van der Waals surface area contributed by atoms with Gasteiger partial charge in [-0.15, -0.1) is 0 Å². The summed E-state index contributed by atoms with van der Waals surface area (Å²) in [6, 6.07) is 21.4. The fraction of sp³-hybridized carbons (Fsp3) is 0.250. The Morgan fingerprint density at radius 3 is 2.49 bits per heavy atom. The number of rotatable bonds is 10. The number of ketones is 1. The van der Waals surface area contributed by atoms with Crippen LogP contribution in [0.2, 0.25) is 10.0 Å². The Bertz CT molecular complexity index is 1710. The van der Waals surface area contributed by atoms with Crippen molar-refractivity contribution in [1.29, 1.82) is 0 Å². The van der Waals surface area contributed by atoms with Crippen molar-refractivity contribution in [2.45, 2.75) is 31.7 Å². The number of hydrogen-bond acceptors (Lipinski definition) is 5. The number of amides is 2. The van der Waals surface area contributed by atoms with E-state index in [0.717, 1.165) is 46.3 Å². The van der Waals surface area contributed by atoms with Crippen molar-refractivity contribution in [3.63, 3.8) is 0 Å². The van der Waals surface area contributed by atoms with Gasteiger partial charge in [0.05, 0.1) is 6.04 Å². The number of alkyl carbamates (subject to hydrolysis) is 1. The van der Waals surface area contributed by atoms with E-state index in [9.17, 15) is 14.4 Å². The van der Waals surface area contributed by atoms with E-state index in [1.54, 1.807) is 18.2 Å². The SMILES string of the molecule is O=C(NC(Cc1ccccc1)C(=O)C(Cc1ccc(Cl)cc1Cl)C(=O)N1CCCN1)OCC1=C2CC=CC=C2c2ccccc21. The number of benzene rings is 3. The molecular weight excluding hydrogens is 609 g/mol. The Balaban J connectivity index is 1.25. The van der Waals surface area contributed by atoms with Gasteiger partial charge in [0.15, 0.2) is 5.78 Å². The highest BCUT2D eigenvalue weighted by Crippen LogP contribution is 2.44. The van der Waals surface area contributed by atoms with Gasteiger partial charge in [0.25, 0.3) is 0 Å². The molecule has 2 amide bonds. The van der Waals surface area contributed by atoms with Gasteiger partial charge in [0.1, 0.15) is 12.5 Å². The number of Topliss-reactive ketones (excluding diaryl/α,β-unsaturated/α-hetero) is 1. The summed E-state index contributed by atoms with van der Waals surface area (Å²) in [5.41, 5.74) is 9.90. The number of carbonyl (C=O) groups excluding carboxylic acids is 3. The van der Waals surface area contributed by atoms with Crippen LogP contribution in [0.1, 0.15) is 35.1 Å². The first kappa shape index (κ1) is 30.8. The summed E-state index contributed by atoms with van der Waals surface area (Å²) < 4.78 is 5.79. The molecule has 2 unspecified atom stereocenters. The first-order valence-electron chi connectivity index (χ1n) is 15.1. The molecule has 1 saturated heterocycles. The predicted octanol–water partition coefficient (Wildman–Crippen LogP) is 6.61. The number of hydrazine groups is 1. The zero-order valence-corrected chi connectivity index (χ0v) is 26.1. The molecule has 3 aromatic rings. The molecule has 0 spiro atoms. The number of carbonyl (C=O) groups is 3. The second-order valence-corrected chi connectivity index (χ2v) is 12.2. The molecular formula is C36H33Cl2N3O4. The number of nitrogens with zero attached hydrogens (tertiary/aromatic N) is 1. The molecule has 2 N–H and O–H groups in total. The van der Waals surface area contributed by atoms with Crippen LogP contribution >= 0.6 is 23.2 Å². The minimum atomic E-state index is -1.10. The van der Waals surface area contributed by atoms with Crippen molar-refractivity contribution in [1.82, 2.24) is 15.8 Å². The van der Waals surface area contributed by atoms with E-state index >= 15 is 0 Å². The lowest BCUT2D eigenvalue weighted by Crippen LogP contribution is -2.51. The molecule has 0 bridgehead atoms. The zero-order chi connectivity index (χ0) is 31.3. The van der Waals surface area contributed by atoms with Gasteiger partial charge in [-0.2, -0.15) is 0 Å². The monoisotopic (exact) mass is 641 g/mol. The summed E-state index contributed by atoms with van der Waals surface area (Å²) in [5.74, 6) is -1.89. The van der Waals surface area contributed by atoms with E-state index in [0.29, 0.717) is 28.7 Å². The van der Waals surface area contributed by atoms with E-state index in [4.69, 9.17) is 27.9 Å². The predicted molar refractivity (Wildman–Crippen MR) is 177 cm³/mol. The third-order valence-electron chi connectivity index (χ3n) is 8.43. The molecule has 45 heavy (non-hydrogen) atoms. The highest BCUT2D eigenvalue weighted by Gasteiger charge is 2.38. The Hall–Kier alpha value is -4.17. The summed E-state index contributed by atoms with van der Waals surface area (Å²) >= 11 is 12.6. The molecule has 6 rings (SSSR count). The van der Waals surface area contributed by atoms with Crippen LogP contribution in [0.3, 0.4) is 0 Å². The van der Waals surface area contributed by atoms with E-state index in [-0.39, 0.29) is 25.4 Å². The van der Waals surface area contributed by atoms with E-state index < -0.39 is 23.8 Å². The maximum absolute atomic E-state index is 14.3. The molecule has 230 valence electrons. The molecule has 0 saturated carbocycles. The topological polar surface area (TPSA) is 87.7 Å². The molecule has 1 fully saturated rings. The van der Waals surface area contributed by atoms with Crippen LogP contribution in [-0.4, -0.2) is 48.5 Å². The van der Waals surface area contributed by atoms with Gasteiger partial charge >= 0.3 is 6.09 Å². The average molecular weight is 643 g/mol. The molecule has 7 nitrogen and oxygen atoms in total. The standard InChI is InChI=1S/C36H33Cl2N3O4/c37-25-16-15-24(32(38)21-25)20-30(35(43)41-18-8-17-39-41)34(42)33(19-23-9-2-1-3-10-23)40-36(44)45-22-31-28-13-6-4-11-26(28)27-12-5-7-14-29(27)31/h1-7,9-13,15-16,21,30,33,39H,8,14,17-20,22H2,(H,40,44). The van der Waals surface area contributed by atoms with Crippen LogP contribution < -0.4 is 10.7 Å². The lowest BCUT2D eigenvalue weighted by Gasteiger charge is -2.27. The van der Waals surface area contributed by atoms with Crippen LogP contribution in [0.15, 0.2) is 96.6 Å². The van der Waals surface area contributed by atoms with Gasteiger partial charge in [-0.3, -0.25) is 14.6 Å². The second-order valence-electron chi connectivity index (χ2n) is 11.3. The molecule has 0 radical (unpaired) electrons. The van der Waals surface area contributed by atoms with Gasteiger partial charge in [0, 0.05) is 28.7 Å². The maximum atomic E-state index is 14.3. The Kier molecular flexibility index (Phi) is 9.50. The molecule has 0 aromatic heterocycles. The zero-order valence-electron chi connectivity index (χ0n) is 24.6. The lowest BCUT2D eigenvalue weighted by molar-refractivity contribution is -0.143. The van der Waals surface area contributed by atoms with Crippen molar-refractivity contribution in [2.75, 3.05) is 19.7 Å². The van der Waals surface area contributed by atoms with Gasteiger partial charge in [-0.05, 0) is 71.2 Å². The van der Waals surface area contributed by atoms with Crippen molar-refractivity contribution >= 4 is 52.1 Å². The van der Waals surface area contributed by atoms with Crippen LogP contribution in [0.5, 0.6) is 0 Å². The molecule has 2 aliphatic carbocycles. The van der Waals surface area contributed by atoms with Crippen LogP contribution in [0, 0.1) is 5.92 Å². The fourth-order valence-corrected chi connectivity index (χ4v) is 6.65. The van der Waals surface area contributed by atoms with Gasteiger partial charge in [-0.1, -0.05) is 102 Å². The molecule has 9 heteroatoms. The maximum Gasteiger partial charge on any atom is 0.408 e. The first-order valence-corrected chi connectivity index (χ1v) is 15.8. The number of fused-ring (bicyclic) bond motifs is 3. The number of halogens is 2. The summed E-state index contributed by atoms with van der Waals surface area (Å²) in [6.07, 6.45) is 7.25. The third kappa shape index (κ3) is 6.91. The van der Waals surface area contributed by atoms with Crippen LogP contribution in [0.25, 0.3) is 11.1 Å². The Labute approximate surface area is 272 Å². The second kappa shape index (κ2) is 13.9. The minimum absolute atomic E-state index is 0.0516. The van der Waals surface area contributed by atoms with E-state index in [1.807, 2.05) is 54.6 Å². The molecule has 3 aromatic carbocycles. The smallest absolute Gasteiger partial charge is 0.408 e. The fourth-order valence-electron chi connectivity index (χ4n) is 6.17. The Morgan fingerprint density at radius 2 is 1.73 bits per heavy atom. The minimum Gasteiger partial charge on any atom is -0.445 e. The van der Waals surface area contributed by atoms with Crippen molar-refractivity contribution < 1.29 is 19.1 Å². The summed E-state index contributed by atoms with van der Waals surface area (Å²) in [5, 5.41) is 5.12. The summed E-state index contributed by atoms with van der Waals surface area (Å²) in [7, 11) is 0. The van der Waals surface area contributed by atoms with Crippen molar-refractivity contribution in [3.8, 4) is 0 Å². The molecule has 1 aliphatic heterocycles. The summed E-state index contributed by atoms with van der Waals surface area (Å²) in [6.45, 7) is 1.18. The Morgan fingerprint density at radius 1 is 0.956 bits per heavy atom. The van der Waals surface area contributed by atoms with E-state index in [2.05, 4.69) is 29.0 Å². The summed E-state index contributed by atoms with van der Waals surface area (Å²) in [4.78, 5) is 41.5. The van der Waals surface area contributed by atoms with Crippen LogP contribution in [0.4, 0.5) is 4.79 Å². The third-order valence-corrected chi connectivity index (χ3v) is 9.01. The molecule has 3 aliphatic rings. The first-order chi connectivity index (χ1) is 21.9. The normalized spacial score (nSPS) is 16.5. The number of nitrogens with one attached hydrogen (secondary N) is 2. The number of ether oxygens (including phenoxy) is 1. The van der Waals surface area contributed by atoms with Gasteiger partial charge in [-0.25, -0.2) is 10.2 Å². The highest BCUT2D eigenvalue weighted by molar-refractivity contribution is 6.35. The van der Waals surface area contributed by atoms with Crippen LogP contribution in [-0.2, 0) is 27.2 Å². The number of hydrogen-bond donors (Lipinski definition) is 2. The van der Waals surface area contributed by atoms with Gasteiger partial charge < -0.3 is 10.1 Å². The van der Waals surface area contributed by atoms with Crippen molar-refractivity contribution in [3.05, 3.63) is 129 Å². The lowest BCUT2D eigenvalue weighted by atomic mass is 9.88. The van der Waals surface area contributed by atoms with E-state index in [1.165, 1.54) is 5.01 Å². The molecule has 2 atom stereocenters.